The van der Waals surface area contributed by atoms with Crippen LogP contribution in [0.25, 0.3) is 88.0 Å². The number of benzene rings is 8. The van der Waals surface area contributed by atoms with E-state index >= 15 is 0 Å². The molecule has 0 N–H and O–H groups in total. The van der Waals surface area contributed by atoms with Crippen LogP contribution in [0.4, 0.5) is 0 Å². The van der Waals surface area contributed by atoms with Crippen molar-refractivity contribution < 1.29 is 19.5 Å². The predicted molar refractivity (Wildman–Crippen MR) is 190 cm³/mol. The fraction of sp³-hybridized carbons (Fsp3) is 0. The molecular weight excluding hydrogens is 544 g/mol. The maximum atomic E-state index is 9.74. The molecule has 0 bridgehead atoms. The SMILES string of the molecule is [2H]c1c([2H])c([2H])c(-c2ccc(-c3c4ccccc4c(-c4c([2H])c([2H])c5oc6c(-c7ccccc7)c([2H])c([2H])c([2H])c6c5c4[2H])c4ccccc34)cc2)c([2H])c1[2H]. The summed E-state index contributed by atoms with van der Waals surface area (Å²) in [7, 11) is 0. The first-order chi connectivity index (χ1) is 26.9. The lowest BCUT2D eigenvalue weighted by Gasteiger charge is -2.18. The van der Waals surface area contributed by atoms with E-state index in [0.29, 0.717) is 27.5 Å². The van der Waals surface area contributed by atoms with E-state index in [1.165, 1.54) is 0 Å². The molecule has 45 heavy (non-hydrogen) atoms. The van der Waals surface area contributed by atoms with Crippen LogP contribution in [-0.2, 0) is 0 Å². The lowest BCUT2D eigenvalue weighted by Crippen LogP contribution is -1.91. The summed E-state index contributed by atoms with van der Waals surface area (Å²) in [6.07, 6.45) is 0. The zero-order valence-corrected chi connectivity index (χ0v) is 23.7. The average Bonchev–Trinajstić information content (AvgIpc) is 3.62. The quantitative estimate of drug-likeness (QED) is 0.188. The molecule has 1 nitrogen and oxygen atoms in total. The van der Waals surface area contributed by atoms with Crippen molar-refractivity contribution in [1.82, 2.24) is 0 Å². The third-order valence-corrected chi connectivity index (χ3v) is 8.27. The Hall–Kier alpha value is -5.92. The molecule has 0 saturated carbocycles. The summed E-state index contributed by atoms with van der Waals surface area (Å²) < 4.78 is 102. The van der Waals surface area contributed by atoms with Crippen LogP contribution in [0.1, 0.15) is 15.1 Å². The zero-order chi connectivity index (χ0) is 39.3. The summed E-state index contributed by atoms with van der Waals surface area (Å²) in [5, 5.41) is 3.26. The molecule has 0 aliphatic rings. The van der Waals surface area contributed by atoms with Crippen molar-refractivity contribution in [1.29, 1.82) is 0 Å². The molecule has 0 aliphatic carbocycles. The van der Waals surface area contributed by atoms with Gasteiger partial charge in [0.05, 0.1) is 15.1 Å². The molecular formula is C44H28O. The summed E-state index contributed by atoms with van der Waals surface area (Å²) in [5.74, 6) is 0. The minimum absolute atomic E-state index is 0.0566. The summed E-state index contributed by atoms with van der Waals surface area (Å²) in [4.78, 5) is 0. The normalized spacial score (nSPS) is 15.0. The molecule has 1 aromatic heterocycles. The first-order valence-corrected chi connectivity index (χ1v) is 14.5. The molecule has 0 fully saturated rings. The highest BCUT2D eigenvalue weighted by Gasteiger charge is 2.18. The van der Waals surface area contributed by atoms with Crippen molar-refractivity contribution in [3.8, 4) is 44.5 Å². The molecule has 9 rings (SSSR count). The van der Waals surface area contributed by atoms with E-state index in [2.05, 4.69) is 0 Å². The largest absolute Gasteiger partial charge is 0.455 e. The Kier molecular flexibility index (Phi) is 3.87. The van der Waals surface area contributed by atoms with Gasteiger partial charge in [-0.25, -0.2) is 0 Å². The Balaban J connectivity index is 1.34. The Bertz CT molecular complexity index is 3050. The van der Waals surface area contributed by atoms with E-state index in [4.69, 9.17) is 15.4 Å². The molecule has 0 unspecified atom stereocenters. The topological polar surface area (TPSA) is 13.1 Å². The fourth-order valence-corrected chi connectivity index (χ4v) is 6.26. The van der Waals surface area contributed by atoms with Crippen molar-refractivity contribution in [2.24, 2.45) is 0 Å². The second-order valence-electron chi connectivity index (χ2n) is 10.8. The predicted octanol–water partition coefficient (Wildman–Crippen LogP) is 12.6. The van der Waals surface area contributed by atoms with Crippen molar-refractivity contribution >= 4 is 43.5 Å². The van der Waals surface area contributed by atoms with Gasteiger partial charge in [-0.05, 0) is 72.6 Å². The van der Waals surface area contributed by atoms with Crippen LogP contribution in [0, 0.1) is 0 Å². The smallest absolute Gasteiger partial charge is 0.143 e. The molecule has 0 radical (unpaired) electrons. The lowest BCUT2D eigenvalue weighted by atomic mass is 9.85. The van der Waals surface area contributed by atoms with Gasteiger partial charge in [0.25, 0.3) is 0 Å². The van der Waals surface area contributed by atoms with Gasteiger partial charge >= 0.3 is 0 Å². The number of para-hydroxylation sites is 1. The van der Waals surface area contributed by atoms with Crippen LogP contribution in [0.2, 0.25) is 0 Å². The molecule has 0 saturated heterocycles. The first-order valence-electron chi connectivity index (χ1n) is 20.0. The maximum absolute atomic E-state index is 9.74. The maximum Gasteiger partial charge on any atom is 0.143 e. The van der Waals surface area contributed by atoms with Gasteiger partial charge in [0, 0.05) is 16.3 Å². The molecule has 1 heterocycles. The summed E-state index contributed by atoms with van der Waals surface area (Å²) in [6, 6.07) is 28.0. The number of hydrogen-bond donors (Lipinski definition) is 0. The second kappa shape index (κ2) is 10.4. The van der Waals surface area contributed by atoms with Crippen LogP contribution in [-0.4, -0.2) is 0 Å². The van der Waals surface area contributed by atoms with E-state index in [1.807, 2.05) is 66.7 Å². The fourth-order valence-electron chi connectivity index (χ4n) is 6.26. The zero-order valence-electron chi connectivity index (χ0n) is 34.7. The van der Waals surface area contributed by atoms with Crippen LogP contribution >= 0.6 is 0 Å². The van der Waals surface area contributed by atoms with Crippen LogP contribution < -0.4 is 0 Å². The lowest BCUT2D eigenvalue weighted by molar-refractivity contribution is 0.670. The van der Waals surface area contributed by atoms with E-state index < -0.39 is 18.1 Å². The van der Waals surface area contributed by atoms with Gasteiger partial charge in [-0.1, -0.05) is 158 Å². The molecule has 0 atom stereocenters. The average molecular weight is 584 g/mol. The molecule has 9 aromatic rings. The van der Waals surface area contributed by atoms with E-state index in [9.17, 15) is 4.11 Å². The van der Waals surface area contributed by atoms with E-state index in [-0.39, 0.29) is 87.0 Å². The molecule has 8 aromatic carbocycles. The molecule has 0 aliphatic heterocycles. The van der Waals surface area contributed by atoms with Crippen LogP contribution in [0.3, 0.4) is 0 Å². The van der Waals surface area contributed by atoms with Crippen molar-refractivity contribution in [3.05, 3.63) is 170 Å². The van der Waals surface area contributed by atoms with Crippen molar-refractivity contribution in [2.45, 2.75) is 0 Å². The van der Waals surface area contributed by atoms with Crippen LogP contribution in [0.5, 0.6) is 0 Å². The highest BCUT2D eigenvalue weighted by atomic mass is 16.3. The Labute approximate surface area is 277 Å². The van der Waals surface area contributed by atoms with Gasteiger partial charge < -0.3 is 4.42 Å². The third-order valence-electron chi connectivity index (χ3n) is 8.27. The summed E-state index contributed by atoms with van der Waals surface area (Å²) in [6.45, 7) is 0. The van der Waals surface area contributed by atoms with E-state index in [1.54, 1.807) is 36.4 Å². The monoisotopic (exact) mass is 583 g/mol. The first kappa shape index (κ1) is 16.8. The minimum Gasteiger partial charge on any atom is -0.455 e. The Morgan fingerprint density at radius 3 is 1.64 bits per heavy atom. The number of hydrogen-bond acceptors (Lipinski definition) is 1. The molecule has 0 spiro atoms. The minimum atomic E-state index is -0.456. The number of rotatable bonds is 4. The highest BCUT2D eigenvalue weighted by Crippen LogP contribution is 2.45. The van der Waals surface area contributed by atoms with Gasteiger partial charge in [0.2, 0.25) is 0 Å². The van der Waals surface area contributed by atoms with Gasteiger partial charge in [0.15, 0.2) is 0 Å². The Morgan fingerprint density at radius 1 is 0.378 bits per heavy atom. The molecule has 1 heteroatoms. The number of furan rings is 1. The Morgan fingerprint density at radius 2 is 0.978 bits per heavy atom. The van der Waals surface area contributed by atoms with Gasteiger partial charge in [-0.2, -0.15) is 0 Å². The van der Waals surface area contributed by atoms with Crippen molar-refractivity contribution in [2.75, 3.05) is 0 Å². The number of fused-ring (bicyclic) bond motifs is 5. The van der Waals surface area contributed by atoms with Crippen molar-refractivity contribution in [3.63, 3.8) is 0 Å². The second-order valence-corrected chi connectivity index (χ2v) is 10.8. The molecule has 0 amide bonds. The summed E-state index contributed by atoms with van der Waals surface area (Å²) >= 11 is 0. The van der Waals surface area contributed by atoms with E-state index in [0.717, 1.165) is 21.9 Å². The summed E-state index contributed by atoms with van der Waals surface area (Å²) in [5.41, 5.74) is 3.86. The highest BCUT2D eigenvalue weighted by molar-refractivity contribution is 6.22. The standard InChI is InChI=1S/C44H28O/c1-3-12-29(13-4-1)30-22-24-32(25-23-30)42-35-16-7-9-18-37(35)43(38-19-10-8-17-36(38)42)33-26-27-41-40(28-33)39-21-11-20-34(44(39)45-41)31-14-5-2-6-15-31/h1-28H/i1D,3D,4D,11D,12D,13D,20D,21D,26D,27D,28D. The van der Waals surface area contributed by atoms with Gasteiger partial charge in [0.1, 0.15) is 11.2 Å². The molecule has 210 valence electrons. The van der Waals surface area contributed by atoms with Gasteiger partial charge in [-0.15, -0.1) is 0 Å². The third kappa shape index (κ3) is 4.17. The van der Waals surface area contributed by atoms with Crippen LogP contribution in [0.15, 0.2) is 174 Å². The van der Waals surface area contributed by atoms with Gasteiger partial charge in [-0.3, -0.25) is 0 Å².